The minimum atomic E-state index is -0.242. The van der Waals surface area contributed by atoms with Crippen LogP contribution in [-0.4, -0.2) is 12.6 Å². The number of hydrogen-bond acceptors (Lipinski definition) is 4. The Labute approximate surface area is 99.3 Å². The SMILES string of the molecule is CCOC(=O)Cc1coc2ccc(CN)cc12. The van der Waals surface area contributed by atoms with E-state index in [1.54, 1.807) is 13.2 Å². The van der Waals surface area contributed by atoms with Gasteiger partial charge in [-0.05, 0) is 24.6 Å². The molecular formula is C13H15NO3. The minimum Gasteiger partial charge on any atom is -0.466 e. The summed E-state index contributed by atoms with van der Waals surface area (Å²) in [5.41, 5.74) is 8.21. The van der Waals surface area contributed by atoms with Crippen molar-refractivity contribution in [3.63, 3.8) is 0 Å². The van der Waals surface area contributed by atoms with Crippen LogP contribution in [0.1, 0.15) is 18.1 Å². The predicted molar refractivity (Wildman–Crippen MR) is 64.4 cm³/mol. The standard InChI is InChI=1S/C13H15NO3/c1-2-16-13(15)6-10-8-17-12-4-3-9(7-14)5-11(10)12/h3-5,8H,2,6-7,14H2,1H3. The van der Waals surface area contributed by atoms with E-state index in [1.165, 1.54) is 0 Å². The number of hydrogen-bond donors (Lipinski definition) is 1. The molecule has 0 aliphatic rings. The average molecular weight is 233 g/mol. The third kappa shape index (κ3) is 2.47. The first-order valence-corrected chi connectivity index (χ1v) is 5.59. The summed E-state index contributed by atoms with van der Waals surface area (Å²) in [6.45, 7) is 2.65. The molecule has 0 aliphatic carbocycles. The summed E-state index contributed by atoms with van der Waals surface area (Å²) in [5.74, 6) is -0.242. The fourth-order valence-electron chi connectivity index (χ4n) is 1.76. The number of benzene rings is 1. The van der Waals surface area contributed by atoms with Crippen LogP contribution in [0.25, 0.3) is 11.0 Å². The normalized spacial score (nSPS) is 10.7. The summed E-state index contributed by atoms with van der Waals surface area (Å²) in [6.07, 6.45) is 1.83. The monoisotopic (exact) mass is 233 g/mol. The molecule has 4 heteroatoms. The van der Waals surface area contributed by atoms with Crippen molar-refractivity contribution < 1.29 is 13.9 Å². The Bertz CT molecular complexity index is 530. The number of carbonyl (C=O) groups is 1. The van der Waals surface area contributed by atoms with Gasteiger partial charge in [0.15, 0.2) is 0 Å². The highest BCUT2D eigenvalue weighted by Gasteiger charge is 2.11. The van der Waals surface area contributed by atoms with Gasteiger partial charge < -0.3 is 14.9 Å². The van der Waals surface area contributed by atoms with Crippen molar-refractivity contribution in [2.75, 3.05) is 6.61 Å². The summed E-state index contributed by atoms with van der Waals surface area (Å²) >= 11 is 0. The molecule has 0 radical (unpaired) electrons. The van der Waals surface area contributed by atoms with Crippen molar-refractivity contribution in [3.05, 3.63) is 35.6 Å². The first-order chi connectivity index (χ1) is 8.24. The molecule has 2 aromatic rings. The fourth-order valence-corrected chi connectivity index (χ4v) is 1.76. The Morgan fingerprint density at radius 1 is 1.47 bits per heavy atom. The predicted octanol–water partition coefficient (Wildman–Crippen LogP) is 2.00. The molecule has 2 N–H and O–H groups in total. The van der Waals surface area contributed by atoms with Crippen LogP contribution in [0.15, 0.2) is 28.9 Å². The van der Waals surface area contributed by atoms with Gasteiger partial charge in [-0.25, -0.2) is 0 Å². The number of carbonyl (C=O) groups excluding carboxylic acids is 1. The van der Waals surface area contributed by atoms with Gasteiger partial charge in [-0.1, -0.05) is 6.07 Å². The van der Waals surface area contributed by atoms with Gasteiger partial charge in [0.1, 0.15) is 5.58 Å². The highest BCUT2D eigenvalue weighted by atomic mass is 16.5. The van der Waals surface area contributed by atoms with Crippen molar-refractivity contribution in [1.82, 2.24) is 0 Å². The molecule has 4 nitrogen and oxygen atoms in total. The lowest BCUT2D eigenvalue weighted by Gasteiger charge is -2.00. The lowest BCUT2D eigenvalue weighted by molar-refractivity contribution is -0.142. The van der Waals surface area contributed by atoms with E-state index in [-0.39, 0.29) is 12.4 Å². The second-order valence-electron chi connectivity index (χ2n) is 3.78. The van der Waals surface area contributed by atoms with E-state index < -0.39 is 0 Å². The molecule has 17 heavy (non-hydrogen) atoms. The summed E-state index contributed by atoms with van der Waals surface area (Å²) < 4.78 is 10.3. The Kier molecular flexibility index (Phi) is 3.44. The lowest BCUT2D eigenvalue weighted by Crippen LogP contribution is -2.07. The molecule has 0 aliphatic heterocycles. The van der Waals surface area contributed by atoms with E-state index in [1.807, 2.05) is 18.2 Å². The first kappa shape index (κ1) is 11.7. The van der Waals surface area contributed by atoms with Gasteiger partial charge >= 0.3 is 5.97 Å². The zero-order chi connectivity index (χ0) is 12.3. The smallest absolute Gasteiger partial charge is 0.310 e. The molecule has 0 bridgehead atoms. The molecule has 0 atom stereocenters. The van der Waals surface area contributed by atoms with Crippen LogP contribution in [0, 0.1) is 0 Å². The Balaban J connectivity index is 2.30. The zero-order valence-electron chi connectivity index (χ0n) is 9.73. The second kappa shape index (κ2) is 5.01. The van der Waals surface area contributed by atoms with Crippen molar-refractivity contribution in [2.24, 2.45) is 5.73 Å². The second-order valence-corrected chi connectivity index (χ2v) is 3.78. The Hall–Kier alpha value is -1.81. The number of ether oxygens (including phenoxy) is 1. The number of furan rings is 1. The van der Waals surface area contributed by atoms with E-state index >= 15 is 0 Å². The van der Waals surface area contributed by atoms with Gasteiger partial charge in [-0.15, -0.1) is 0 Å². The van der Waals surface area contributed by atoms with Crippen LogP contribution in [-0.2, 0) is 22.5 Å². The van der Waals surface area contributed by atoms with Crippen molar-refractivity contribution >= 4 is 16.9 Å². The maximum Gasteiger partial charge on any atom is 0.310 e. The van der Waals surface area contributed by atoms with Crippen molar-refractivity contribution in [1.29, 1.82) is 0 Å². The molecule has 0 spiro atoms. The number of rotatable bonds is 4. The molecule has 1 aromatic heterocycles. The van der Waals surface area contributed by atoms with E-state index in [2.05, 4.69) is 0 Å². The van der Waals surface area contributed by atoms with Gasteiger partial charge in [0.05, 0.1) is 19.3 Å². The van der Waals surface area contributed by atoms with Crippen molar-refractivity contribution in [3.8, 4) is 0 Å². The average Bonchev–Trinajstić information content (AvgIpc) is 2.72. The molecule has 2 rings (SSSR count). The van der Waals surface area contributed by atoms with E-state index in [0.717, 1.165) is 22.1 Å². The summed E-state index contributed by atoms with van der Waals surface area (Å²) in [7, 11) is 0. The van der Waals surface area contributed by atoms with Crippen LogP contribution < -0.4 is 5.73 Å². The van der Waals surface area contributed by atoms with Gasteiger partial charge in [0.25, 0.3) is 0 Å². The topological polar surface area (TPSA) is 65.5 Å². The number of nitrogens with two attached hydrogens (primary N) is 1. The zero-order valence-corrected chi connectivity index (χ0v) is 9.73. The lowest BCUT2D eigenvalue weighted by atomic mass is 10.1. The van der Waals surface area contributed by atoms with Gasteiger partial charge in [0.2, 0.25) is 0 Å². The van der Waals surface area contributed by atoms with Crippen LogP contribution in [0.2, 0.25) is 0 Å². The Morgan fingerprint density at radius 3 is 3.00 bits per heavy atom. The molecule has 90 valence electrons. The highest BCUT2D eigenvalue weighted by molar-refractivity contribution is 5.86. The highest BCUT2D eigenvalue weighted by Crippen LogP contribution is 2.23. The third-order valence-corrected chi connectivity index (χ3v) is 2.59. The molecule has 0 saturated heterocycles. The third-order valence-electron chi connectivity index (χ3n) is 2.59. The van der Waals surface area contributed by atoms with E-state index in [4.69, 9.17) is 14.9 Å². The maximum atomic E-state index is 11.4. The molecule has 0 amide bonds. The molecular weight excluding hydrogens is 218 g/mol. The van der Waals surface area contributed by atoms with Crippen LogP contribution >= 0.6 is 0 Å². The minimum absolute atomic E-state index is 0.231. The molecule has 0 saturated carbocycles. The summed E-state index contributed by atoms with van der Waals surface area (Å²) in [4.78, 5) is 11.4. The number of esters is 1. The first-order valence-electron chi connectivity index (χ1n) is 5.59. The van der Waals surface area contributed by atoms with Gasteiger partial charge in [-0.2, -0.15) is 0 Å². The van der Waals surface area contributed by atoms with E-state index in [9.17, 15) is 4.79 Å². The largest absolute Gasteiger partial charge is 0.466 e. The molecule has 0 fully saturated rings. The Morgan fingerprint density at radius 2 is 2.29 bits per heavy atom. The van der Waals surface area contributed by atoms with Crippen molar-refractivity contribution in [2.45, 2.75) is 19.9 Å². The quantitative estimate of drug-likeness (QED) is 0.820. The van der Waals surface area contributed by atoms with Crippen LogP contribution in [0.4, 0.5) is 0 Å². The van der Waals surface area contributed by atoms with Crippen LogP contribution in [0.5, 0.6) is 0 Å². The summed E-state index contributed by atoms with van der Waals surface area (Å²) in [6, 6.07) is 5.74. The molecule has 1 heterocycles. The van der Waals surface area contributed by atoms with Crippen LogP contribution in [0.3, 0.4) is 0 Å². The number of fused-ring (bicyclic) bond motifs is 1. The maximum absolute atomic E-state index is 11.4. The summed E-state index contributed by atoms with van der Waals surface area (Å²) in [5, 5.41) is 0.931. The molecule has 0 unspecified atom stereocenters. The van der Waals surface area contributed by atoms with E-state index in [0.29, 0.717) is 13.2 Å². The van der Waals surface area contributed by atoms with Gasteiger partial charge in [0, 0.05) is 17.5 Å². The fraction of sp³-hybridized carbons (Fsp3) is 0.308. The van der Waals surface area contributed by atoms with Gasteiger partial charge in [-0.3, -0.25) is 4.79 Å². The molecule has 1 aromatic carbocycles.